The van der Waals surface area contributed by atoms with Crippen molar-refractivity contribution in [3.8, 4) is 0 Å². The number of unbranched alkanes of at least 4 members (excludes halogenated alkanes) is 22. The minimum atomic E-state index is -4.36. The number of phosphoric acid groups is 1. The van der Waals surface area contributed by atoms with Gasteiger partial charge in [-0.1, -0.05) is 147 Å². The molecule has 0 aliphatic rings. The Labute approximate surface area is 288 Å². The molecule has 0 fully saturated rings. The summed E-state index contributed by atoms with van der Waals surface area (Å²) in [5.74, 6) is -0.825. The van der Waals surface area contributed by atoms with Gasteiger partial charge in [0, 0.05) is 19.4 Å². The van der Waals surface area contributed by atoms with E-state index in [2.05, 4.69) is 26.0 Å². The van der Waals surface area contributed by atoms with Gasteiger partial charge in [-0.05, 0) is 32.6 Å². The van der Waals surface area contributed by atoms with E-state index in [1.54, 1.807) is 0 Å². The molecule has 0 aromatic rings. The molecule has 47 heavy (non-hydrogen) atoms. The SMILES string of the molecule is C/C=C/CCCCCCCCCCCCC(=O)OC[C@H](COP(=O)(O)OCCN)OC(=O)CCCCCCCCCCCCCCC. The van der Waals surface area contributed by atoms with Crippen molar-refractivity contribution in [2.24, 2.45) is 5.73 Å². The predicted octanol–water partition coefficient (Wildman–Crippen LogP) is 10.3. The molecule has 0 saturated carbocycles. The Morgan fingerprint density at radius 1 is 0.660 bits per heavy atom. The third-order valence-electron chi connectivity index (χ3n) is 8.25. The van der Waals surface area contributed by atoms with E-state index in [1.165, 1.54) is 116 Å². The van der Waals surface area contributed by atoms with Gasteiger partial charge >= 0.3 is 19.8 Å². The monoisotopic (exact) mass is 689 g/mol. The third kappa shape index (κ3) is 34.4. The van der Waals surface area contributed by atoms with Gasteiger partial charge in [-0.15, -0.1) is 0 Å². The van der Waals surface area contributed by atoms with E-state index in [-0.39, 0.29) is 38.6 Å². The number of carbonyl (C=O) groups is 2. The van der Waals surface area contributed by atoms with Crippen LogP contribution in [0.1, 0.15) is 181 Å². The third-order valence-corrected chi connectivity index (χ3v) is 9.23. The van der Waals surface area contributed by atoms with Crippen molar-refractivity contribution in [1.82, 2.24) is 0 Å². The Kier molecular flexibility index (Phi) is 33.7. The number of phosphoric ester groups is 1. The summed E-state index contributed by atoms with van der Waals surface area (Å²) < 4.78 is 32.6. The van der Waals surface area contributed by atoms with E-state index in [0.29, 0.717) is 6.42 Å². The van der Waals surface area contributed by atoms with Crippen molar-refractivity contribution in [1.29, 1.82) is 0 Å². The van der Waals surface area contributed by atoms with Crippen LogP contribution in [0, 0.1) is 0 Å². The highest BCUT2D eigenvalue weighted by Crippen LogP contribution is 2.43. The predicted molar refractivity (Wildman–Crippen MR) is 192 cm³/mol. The molecule has 0 aliphatic heterocycles. The van der Waals surface area contributed by atoms with Gasteiger partial charge < -0.3 is 20.1 Å². The fourth-order valence-electron chi connectivity index (χ4n) is 5.40. The van der Waals surface area contributed by atoms with Crippen LogP contribution in [0.3, 0.4) is 0 Å². The number of ether oxygens (including phenoxy) is 2. The number of carbonyl (C=O) groups excluding carboxylic acids is 2. The summed E-state index contributed by atoms with van der Waals surface area (Å²) in [6.45, 7) is 3.55. The number of allylic oxidation sites excluding steroid dienone is 2. The van der Waals surface area contributed by atoms with Gasteiger partial charge in [0.15, 0.2) is 6.10 Å². The first-order valence-corrected chi connectivity index (χ1v) is 20.6. The van der Waals surface area contributed by atoms with Crippen molar-refractivity contribution in [2.75, 3.05) is 26.4 Å². The molecule has 0 spiro atoms. The molecule has 0 bridgehead atoms. The zero-order valence-electron chi connectivity index (χ0n) is 30.3. The number of hydrogen-bond donors (Lipinski definition) is 2. The zero-order chi connectivity index (χ0) is 34.7. The van der Waals surface area contributed by atoms with Crippen molar-refractivity contribution < 1.29 is 37.6 Å². The van der Waals surface area contributed by atoms with Crippen molar-refractivity contribution >= 4 is 19.8 Å². The van der Waals surface area contributed by atoms with Gasteiger partial charge in [0.25, 0.3) is 0 Å². The summed E-state index contributed by atoms with van der Waals surface area (Å²) in [4.78, 5) is 34.7. The van der Waals surface area contributed by atoms with E-state index >= 15 is 0 Å². The molecule has 0 aromatic carbocycles. The molecule has 9 nitrogen and oxygen atoms in total. The van der Waals surface area contributed by atoms with E-state index in [0.717, 1.165) is 32.1 Å². The molecule has 0 heterocycles. The summed E-state index contributed by atoms with van der Waals surface area (Å²) in [6, 6.07) is 0. The van der Waals surface area contributed by atoms with Crippen LogP contribution >= 0.6 is 7.82 Å². The molecule has 1 unspecified atom stereocenters. The molecule has 3 N–H and O–H groups in total. The van der Waals surface area contributed by atoms with E-state index in [4.69, 9.17) is 24.3 Å². The maximum absolute atomic E-state index is 12.5. The van der Waals surface area contributed by atoms with Gasteiger partial charge in [0.1, 0.15) is 6.61 Å². The highest BCUT2D eigenvalue weighted by Gasteiger charge is 2.25. The number of hydrogen-bond acceptors (Lipinski definition) is 8. The maximum atomic E-state index is 12.5. The van der Waals surface area contributed by atoms with Crippen LogP contribution in [-0.2, 0) is 32.7 Å². The minimum absolute atomic E-state index is 0.0560. The van der Waals surface area contributed by atoms with Crippen molar-refractivity contribution in [3.63, 3.8) is 0 Å². The second-order valence-electron chi connectivity index (χ2n) is 12.8. The normalized spacial score (nSPS) is 13.5. The molecule has 10 heteroatoms. The van der Waals surface area contributed by atoms with Gasteiger partial charge in [0.2, 0.25) is 0 Å². The van der Waals surface area contributed by atoms with Crippen LogP contribution in [0.15, 0.2) is 12.2 Å². The first-order valence-electron chi connectivity index (χ1n) is 19.1. The summed E-state index contributed by atoms with van der Waals surface area (Å²) in [6.07, 6.45) is 32.5. The molecule has 0 rings (SSSR count). The Balaban J connectivity index is 4.19. The van der Waals surface area contributed by atoms with E-state index in [1.807, 2.05) is 0 Å². The summed E-state index contributed by atoms with van der Waals surface area (Å²) in [7, 11) is -4.36. The molecule has 278 valence electrons. The van der Waals surface area contributed by atoms with Gasteiger partial charge in [-0.25, -0.2) is 4.57 Å². The smallest absolute Gasteiger partial charge is 0.462 e. The van der Waals surface area contributed by atoms with Crippen molar-refractivity contribution in [2.45, 2.75) is 187 Å². The lowest BCUT2D eigenvalue weighted by Gasteiger charge is -2.19. The second-order valence-corrected chi connectivity index (χ2v) is 14.3. The van der Waals surface area contributed by atoms with Crippen LogP contribution in [0.2, 0.25) is 0 Å². The lowest BCUT2D eigenvalue weighted by Crippen LogP contribution is -2.29. The average molecular weight is 690 g/mol. The summed E-state index contributed by atoms with van der Waals surface area (Å²) in [5.41, 5.74) is 5.33. The fourth-order valence-corrected chi connectivity index (χ4v) is 6.17. The second kappa shape index (κ2) is 34.6. The van der Waals surface area contributed by atoms with Gasteiger partial charge in [-0.3, -0.25) is 18.6 Å². The highest BCUT2D eigenvalue weighted by molar-refractivity contribution is 7.47. The Hall–Kier alpha value is -1.25. The minimum Gasteiger partial charge on any atom is -0.462 e. The lowest BCUT2D eigenvalue weighted by molar-refractivity contribution is -0.161. The molecule has 0 aromatic heterocycles. The lowest BCUT2D eigenvalue weighted by atomic mass is 10.0. The van der Waals surface area contributed by atoms with Crippen LogP contribution in [0.4, 0.5) is 0 Å². The first kappa shape index (κ1) is 45.8. The molecular formula is C37H72NO8P. The quantitative estimate of drug-likeness (QED) is 0.0285. The topological polar surface area (TPSA) is 134 Å². The average Bonchev–Trinajstić information content (AvgIpc) is 3.05. The van der Waals surface area contributed by atoms with Crippen LogP contribution in [0.25, 0.3) is 0 Å². The fraction of sp³-hybridized carbons (Fsp3) is 0.892. The van der Waals surface area contributed by atoms with Crippen LogP contribution < -0.4 is 5.73 Å². The first-order chi connectivity index (χ1) is 22.8. The molecule has 2 atom stereocenters. The van der Waals surface area contributed by atoms with Gasteiger partial charge in [0.05, 0.1) is 13.2 Å². The maximum Gasteiger partial charge on any atom is 0.472 e. The highest BCUT2D eigenvalue weighted by atomic mass is 31.2. The Morgan fingerprint density at radius 2 is 1.11 bits per heavy atom. The molecule has 0 amide bonds. The molecular weight excluding hydrogens is 617 g/mol. The largest absolute Gasteiger partial charge is 0.472 e. The van der Waals surface area contributed by atoms with Crippen molar-refractivity contribution in [3.05, 3.63) is 12.2 Å². The van der Waals surface area contributed by atoms with Gasteiger partial charge in [-0.2, -0.15) is 0 Å². The number of rotatable bonds is 36. The Morgan fingerprint density at radius 3 is 1.57 bits per heavy atom. The standard InChI is InChI=1S/C37H72NO8P/c1-3-5-7-9-11-13-15-17-19-21-23-25-27-29-36(39)43-33-35(34-45-47(41,42)44-32-31-38)46-37(40)30-28-26-24-22-20-18-16-14-12-10-8-6-4-2/h3,5,35H,4,6-34,38H2,1-2H3,(H,41,42)/b5-3+/t35-/m1/s1. The number of nitrogens with two attached hydrogens (primary N) is 1. The molecule has 0 saturated heterocycles. The van der Waals surface area contributed by atoms with E-state index < -0.39 is 26.5 Å². The summed E-state index contributed by atoms with van der Waals surface area (Å²) in [5, 5.41) is 0. The zero-order valence-corrected chi connectivity index (χ0v) is 31.2. The number of esters is 2. The Bertz CT molecular complexity index is 794. The van der Waals surface area contributed by atoms with Crippen LogP contribution in [-0.4, -0.2) is 49.3 Å². The van der Waals surface area contributed by atoms with Crippen LogP contribution in [0.5, 0.6) is 0 Å². The van der Waals surface area contributed by atoms with E-state index in [9.17, 15) is 19.0 Å². The molecule has 0 aliphatic carbocycles. The summed E-state index contributed by atoms with van der Waals surface area (Å²) >= 11 is 0. The molecule has 0 radical (unpaired) electrons.